The molecule has 1 saturated heterocycles. The first-order valence-electron chi connectivity index (χ1n) is 7.39. The van der Waals surface area contributed by atoms with Crippen LogP contribution in [0.4, 0.5) is 0 Å². The van der Waals surface area contributed by atoms with Crippen molar-refractivity contribution in [1.82, 2.24) is 4.90 Å². The first-order chi connectivity index (χ1) is 9.75. The highest BCUT2D eigenvalue weighted by molar-refractivity contribution is 5.76. The van der Waals surface area contributed by atoms with Gasteiger partial charge in [-0.1, -0.05) is 30.3 Å². The van der Waals surface area contributed by atoms with Gasteiger partial charge in [-0.2, -0.15) is 0 Å². The van der Waals surface area contributed by atoms with Crippen LogP contribution in [0.3, 0.4) is 0 Å². The van der Waals surface area contributed by atoms with E-state index < -0.39 is 0 Å². The Morgan fingerprint density at radius 2 is 1.95 bits per heavy atom. The molecule has 1 fully saturated rings. The molecule has 0 bridgehead atoms. The molecule has 4 heteroatoms. The minimum Gasteiger partial charge on any atom is -0.377 e. The second-order valence-corrected chi connectivity index (χ2v) is 5.41. The molecule has 2 N–H and O–H groups in total. The van der Waals surface area contributed by atoms with Crippen LogP contribution in [0.1, 0.15) is 24.8 Å². The molecule has 4 nitrogen and oxygen atoms in total. The number of hydrogen-bond donors (Lipinski definition) is 1. The summed E-state index contributed by atoms with van der Waals surface area (Å²) in [5.41, 5.74) is 6.55. The van der Waals surface area contributed by atoms with Crippen LogP contribution in [0.25, 0.3) is 0 Å². The zero-order valence-electron chi connectivity index (χ0n) is 12.0. The molecule has 1 aromatic rings. The van der Waals surface area contributed by atoms with Gasteiger partial charge in [0, 0.05) is 19.1 Å². The molecular formula is C16H24N2O2. The van der Waals surface area contributed by atoms with Crippen molar-refractivity contribution in [2.24, 2.45) is 11.7 Å². The van der Waals surface area contributed by atoms with Crippen molar-refractivity contribution < 1.29 is 9.53 Å². The lowest BCUT2D eigenvalue weighted by atomic mass is 9.96. The normalized spacial score (nSPS) is 17.2. The highest BCUT2D eigenvalue weighted by Gasteiger charge is 2.22. The van der Waals surface area contributed by atoms with Gasteiger partial charge in [0.25, 0.3) is 0 Å². The number of rotatable bonds is 7. The van der Waals surface area contributed by atoms with E-state index in [2.05, 4.69) is 17.0 Å². The van der Waals surface area contributed by atoms with E-state index >= 15 is 0 Å². The molecular weight excluding hydrogens is 252 g/mol. The SMILES string of the molecule is NC(=O)C1CCN(CCCOCc2ccccc2)CC1. The highest BCUT2D eigenvalue weighted by atomic mass is 16.5. The lowest BCUT2D eigenvalue weighted by molar-refractivity contribution is -0.123. The van der Waals surface area contributed by atoms with Gasteiger partial charge in [0.15, 0.2) is 0 Å². The smallest absolute Gasteiger partial charge is 0.220 e. The van der Waals surface area contributed by atoms with Crippen molar-refractivity contribution in [1.29, 1.82) is 0 Å². The molecule has 0 radical (unpaired) electrons. The van der Waals surface area contributed by atoms with Crippen molar-refractivity contribution in [3.05, 3.63) is 35.9 Å². The van der Waals surface area contributed by atoms with E-state index in [1.54, 1.807) is 0 Å². The van der Waals surface area contributed by atoms with Gasteiger partial charge in [0.2, 0.25) is 5.91 Å². The Kier molecular flexibility index (Phi) is 6.02. The van der Waals surface area contributed by atoms with Gasteiger partial charge in [-0.15, -0.1) is 0 Å². The number of carbonyl (C=O) groups excluding carboxylic acids is 1. The second kappa shape index (κ2) is 8.02. The van der Waals surface area contributed by atoms with E-state index in [0.29, 0.717) is 6.61 Å². The number of nitrogens with two attached hydrogens (primary N) is 1. The van der Waals surface area contributed by atoms with Crippen molar-refractivity contribution in [2.45, 2.75) is 25.9 Å². The molecule has 1 aromatic carbocycles. The summed E-state index contributed by atoms with van der Waals surface area (Å²) >= 11 is 0. The summed E-state index contributed by atoms with van der Waals surface area (Å²) in [5, 5.41) is 0. The summed E-state index contributed by atoms with van der Waals surface area (Å²) in [7, 11) is 0. The molecule has 0 aromatic heterocycles. The van der Waals surface area contributed by atoms with Crippen LogP contribution in [0.5, 0.6) is 0 Å². The minimum absolute atomic E-state index is 0.0839. The Hall–Kier alpha value is -1.39. The van der Waals surface area contributed by atoms with Crippen LogP contribution in [0.15, 0.2) is 30.3 Å². The van der Waals surface area contributed by atoms with Gasteiger partial charge < -0.3 is 15.4 Å². The Morgan fingerprint density at radius 1 is 1.25 bits per heavy atom. The van der Waals surface area contributed by atoms with E-state index in [0.717, 1.165) is 45.5 Å². The van der Waals surface area contributed by atoms with Crippen molar-refractivity contribution in [2.75, 3.05) is 26.2 Å². The summed E-state index contributed by atoms with van der Waals surface area (Å²) in [6, 6.07) is 10.2. The Morgan fingerprint density at radius 3 is 2.60 bits per heavy atom. The van der Waals surface area contributed by atoms with E-state index in [9.17, 15) is 4.79 Å². The first-order valence-corrected chi connectivity index (χ1v) is 7.39. The Labute approximate surface area is 120 Å². The zero-order chi connectivity index (χ0) is 14.2. The lowest BCUT2D eigenvalue weighted by Crippen LogP contribution is -2.39. The molecule has 0 aliphatic carbocycles. The largest absolute Gasteiger partial charge is 0.377 e. The van der Waals surface area contributed by atoms with Crippen molar-refractivity contribution in [3.8, 4) is 0 Å². The number of hydrogen-bond acceptors (Lipinski definition) is 3. The Bertz CT molecular complexity index is 400. The van der Waals surface area contributed by atoms with Gasteiger partial charge in [0.1, 0.15) is 0 Å². The van der Waals surface area contributed by atoms with E-state index in [1.165, 1.54) is 5.56 Å². The molecule has 1 aliphatic rings. The molecule has 1 amide bonds. The molecule has 0 saturated carbocycles. The third-order valence-electron chi connectivity index (χ3n) is 3.86. The molecule has 20 heavy (non-hydrogen) atoms. The van der Waals surface area contributed by atoms with Crippen molar-refractivity contribution in [3.63, 3.8) is 0 Å². The van der Waals surface area contributed by atoms with Crippen LogP contribution < -0.4 is 5.73 Å². The number of amides is 1. The van der Waals surface area contributed by atoms with Gasteiger partial charge >= 0.3 is 0 Å². The predicted molar refractivity (Wildman–Crippen MR) is 79.1 cm³/mol. The fraction of sp³-hybridized carbons (Fsp3) is 0.562. The number of ether oxygens (including phenoxy) is 1. The summed E-state index contributed by atoms with van der Waals surface area (Å²) in [6.45, 7) is 4.47. The number of benzene rings is 1. The maximum Gasteiger partial charge on any atom is 0.220 e. The zero-order valence-corrected chi connectivity index (χ0v) is 12.0. The van der Waals surface area contributed by atoms with Gasteiger partial charge in [-0.25, -0.2) is 0 Å². The van der Waals surface area contributed by atoms with E-state index in [1.807, 2.05) is 18.2 Å². The average Bonchev–Trinajstić information content (AvgIpc) is 2.48. The second-order valence-electron chi connectivity index (χ2n) is 5.41. The molecule has 0 atom stereocenters. The fourth-order valence-electron chi connectivity index (χ4n) is 2.60. The third kappa shape index (κ3) is 4.94. The molecule has 1 aliphatic heterocycles. The lowest BCUT2D eigenvalue weighted by Gasteiger charge is -2.30. The maximum absolute atomic E-state index is 11.1. The summed E-state index contributed by atoms with van der Waals surface area (Å²) < 4.78 is 5.67. The summed E-state index contributed by atoms with van der Waals surface area (Å²) in [4.78, 5) is 13.5. The van der Waals surface area contributed by atoms with Gasteiger partial charge in [-0.3, -0.25) is 4.79 Å². The monoisotopic (exact) mass is 276 g/mol. The van der Waals surface area contributed by atoms with Gasteiger partial charge in [0.05, 0.1) is 6.61 Å². The van der Waals surface area contributed by atoms with Crippen LogP contribution in [-0.2, 0) is 16.1 Å². The topological polar surface area (TPSA) is 55.6 Å². The molecule has 1 heterocycles. The van der Waals surface area contributed by atoms with Crippen LogP contribution in [-0.4, -0.2) is 37.0 Å². The molecule has 110 valence electrons. The summed E-state index contributed by atoms with van der Waals surface area (Å²) in [6.07, 6.45) is 2.84. The fourth-order valence-corrected chi connectivity index (χ4v) is 2.60. The van der Waals surface area contributed by atoms with Crippen molar-refractivity contribution >= 4 is 5.91 Å². The highest BCUT2D eigenvalue weighted by Crippen LogP contribution is 2.16. The van der Waals surface area contributed by atoms with Crippen LogP contribution in [0.2, 0.25) is 0 Å². The molecule has 0 spiro atoms. The molecule has 0 unspecified atom stereocenters. The van der Waals surface area contributed by atoms with Crippen LogP contribution >= 0.6 is 0 Å². The quantitative estimate of drug-likeness (QED) is 0.773. The standard InChI is InChI=1S/C16H24N2O2/c17-16(19)15-7-10-18(11-8-15)9-4-12-20-13-14-5-2-1-3-6-14/h1-3,5-6,15H,4,7-13H2,(H2,17,19). The third-order valence-corrected chi connectivity index (χ3v) is 3.86. The maximum atomic E-state index is 11.1. The number of nitrogens with zero attached hydrogens (tertiary/aromatic N) is 1. The first kappa shape index (κ1) is 15.0. The predicted octanol–water partition coefficient (Wildman–Crippen LogP) is 1.79. The van der Waals surface area contributed by atoms with Crippen LogP contribution in [0, 0.1) is 5.92 Å². The molecule has 2 rings (SSSR count). The number of carbonyl (C=O) groups is 1. The minimum atomic E-state index is -0.143. The van der Waals surface area contributed by atoms with E-state index in [-0.39, 0.29) is 11.8 Å². The van der Waals surface area contributed by atoms with E-state index in [4.69, 9.17) is 10.5 Å². The number of piperidine rings is 1. The summed E-state index contributed by atoms with van der Waals surface area (Å²) in [5.74, 6) is -0.0589. The van der Waals surface area contributed by atoms with Gasteiger partial charge in [-0.05, 0) is 37.9 Å². The Balaban J connectivity index is 1.53. The number of likely N-dealkylation sites (tertiary alicyclic amines) is 1. The average molecular weight is 276 g/mol. The number of primary amides is 1.